The monoisotopic (exact) mass is 253 g/mol. The van der Waals surface area contributed by atoms with Crippen molar-refractivity contribution in [2.75, 3.05) is 26.2 Å². The number of hydrogen-bond acceptors (Lipinski definition) is 3. The van der Waals surface area contributed by atoms with Gasteiger partial charge in [-0.1, -0.05) is 20.8 Å². The molecule has 104 valence electrons. The van der Waals surface area contributed by atoms with Crippen LogP contribution in [0, 0.1) is 11.3 Å². The first-order valence-electron chi connectivity index (χ1n) is 7.17. The quantitative estimate of drug-likeness (QED) is 0.741. The number of nitrogens with zero attached hydrogens (tertiary/aromatic N) is 1. The largest absolute Gasteiger partial charge is 0.368 e. The van der Waals surface area contributed by atoms with E-state index in [-0.39, 0.29) is 5.91 Å². The van der Waals surface area contributed by atoms with Crippen molar-refractivity contribution in [2.45, 2.75) is 45.6 Å². The highest BCUT2D eigenvalue weighted by Crippen LogP contribution is 2.41. The van der Waals surface area contributed by atoms with Crippen LogP contribution in [-0.2, 0) is 4.79 Å². The summed E-state index contributed by atoms with van der Waals surface area (Å²) >= 11 is 0. The van der Waals surface area contributed by atoms with Crippen molar-refractivity contribution in [1.29, 1.82) is 0 Å². The number of hydrogen-bond donors (Lipinski definition) is 2. The summed E-state index contributed by atoms with van der Waals surface area (Å²) in [7, 11) is 0. The Bertz CT molecular complexity index is 325. The van der Waals surface area contributed by atoms with Gasteiger partial charge in [0.05, 0.1) is 0 Å². The number of nitrogens with two attached hydrogens (primary N) is 1. The van der Waals surface area contributed by atoms with Gasteiger partial charge in [0, 0.05) is 13.1 Å². The Labute approximate surface area is 110 Å². The number of nitrogens with one attached hydrogen (secondary N) is 1. The lowest BCUT2D eigenvalue weighted by Gasteiger charge is -2.36. The molecule has 1 aliphatic heterocycles. The molecule has 1 aliphatic carbocycles. The Kier molecular flexibility index (Phi) is 3.70. The van der Waals surface area contributed by atoms with Crippen LogP contribution in [0.2, 0.25) is 0 Å². The van der Waals surface area contributed by atoms with Crippen LogP contribution in [0.3, 0.4) is 0 Å². The Morgan fingerprint density at radius 3 is 2.56 bits per heavy atom. The molecule has 0 radical (unpaired) electrons. The predicted molar refractivity (Wildman–Crippen MR) is 73.2 cm³/mol. The van der Waals surface area contributed by atoms with Gasteiger partial charge in [0.15, 0.2) is 0 Å². The number of rotatable bonds is 6. The third kappa shape index (κ3) is 2.69. The molecule has 3 N–H and O–H groups in total. The fourth-order valence-corrected chi connectivity index (χ4v) is 3.30. The van der Waals surface area contributed by atoms with Crippen molar-refractivity contribution >= 4 is 5.91 Å². The maximum absolute atomic E-state index is 12.0. The van der Waals surface area contributed by atoms with Crippen LogP contribution in [0.15, 0.2) is 0 Å². The number of primary amides is 1. The molecule has 0 spiro atoms. The second kappa shape index (κ2) is 4.82. The van der Waals surface area contributed by atoms with Crippen LogP contribution in [0.4, 0.5) is 0 Å². The van der Waals surface area contributed by atoms with Crippen LogP contribution in [0.1, 0.15) is 40.0 Å². The molecule has 4 heteroatoms. The van der Waals surface area contributed by atoms with Crippen molar-refractivity contribution in [2.24, 2.45) is 17.1 Å². The average molecular weight is 253 g/mol. The summed E-state index contributed by atoms with van der Waals surface area (Å²) < 4.78 is 0. The zero-order chi connectivity index (χ0) is 13.4. The number of likely N-dealkylation sites (N-methyl/N-ethyl adjacent to an activating group) is 1. The zero-order valence-electron chi connectivity index (χ0n) is 12.0. The molecular weight excluding hydrogens is 226 g/mol. The van der Waals surface area contributed by atoms with E-state index in [0.29, 0.717) is 11.3 Å². The van der Waals surface area contributed by atoms with Crippen molar-refractivity contribution in [3.63, 3.8) is 0 Å². The molecule has 0 bridgehead atoms. The van der Waals surface area contributed by atoms with Crippen molar-refractivity contribution in [1.82, 2.24) is 10.2 Å². The molecule has 18 heavy (non-hydrogen) atoms. The summed E-state index contributed by atoms with van der Waals surface area (Å²) in [5.74, 6) is 0.273. The number of likely N-dealkylation sites (tertiary alicyclic amines) is 1. The topological polar surface area (TPSA) is 58.4 Å². The number of carbonyl (C=O) groups excluding carboxylic acids is 1. The molecule has 2 rings (SSSR count). The van der Waals surface area contributed by atoms with Gasteiger partial charge < -0.3 is 16.0 Å². The Balaban J connectivity index is 2.08. The third-order valence-electron chi connectivity index (χ3n) is 4.44. The van der Waals surface area contributed by atoms with Crippen LogP contribution in [0.25, 0.3) is 0 Å². The second-order valence-electron chi connectivity index (χ2n) is 6.77. The Morgan fingerprint density at radius 1 is 1.50 bits per heavy atom. The molecule has 1 saturated carbocycles. The summed E-state index contributed by atoms with van der Waals surface area (Å²) in [5, 5.41) is 3.40. The van der Waals surface area contributed by atoms with Gasteiger partial charge in [0.25, 0.3) is 0 Å². The van der Waals surface area contributed by atoms with Gasteiger partial charge in [-0.15, -0.1) is 0 Å². The van der Waals surface area contributed by atoms with Gasteiger partial charge in [-0.2, -0.15) is 0 Å². The molecule has 2 fully saturated rings. The molecule has 1 unspecified atom stereocenters. The molecule has 1 saturated heterocycles. The minimum absolute atomic E-state index is 0.170. The lowest BCUT2D eigenvalue weighted by atomic mass is 9.90. The van der Waals surface area contributed by atoms with Crippen LogP contribution in [0.5, 0.6) is 0 Å². The molecule has 1 heterocycles. The first-order valence-corrected chi connectivity index (χ1v) is 7.17. The van der Waals surface area contributed by atoms with Gasteiger partial charge in [-0.05, 0) is 43.7 Å². The minimum atomic E-state index is -0.491. The SMILES string of the molecule is CCNC(CN1CCC(C)(C)C1)(C(N)=O)C1CC1. The number of amides is 1. The lowest BCUT2D eigenvalue weighted by molar-refractivity contribution is -0.126. The molecule has 4 nitrogen and oxygen atoms in total. The minimum Gasteiger partial charge on any atom is -0.368 e. The Morgan fingerprint density at radius 2 is 2.17 bits per heavy atom. The highest BCUT2D eigenvalue weighted by atomic mass is 16.1. The molecule has 0 aromatic rings. The molecule has 1 atom stereocenters. The lowest BCUT2D eigenvalue weighted by Crippen LogP contribution is -2.63. The third-order valence-corrected chi connectivity index (χ3v) is 4.44. The Hall–Kier alpha value is -0.610. The average Bonchev–Trinajstić information content (AvgIpc) is 3.04. The molecule has 2 aliphatic rings. The number of carbonyl (C=O) groups is 1. The van der Waals surface area contributed by atoms with Gasteiger partial charge in [-0.25, -0.2) is 0 Å². The predicted octanol–water partition coefficient (Wildman–Crippen LogP) is 0.962. The van der Waals surface area contributed by atoms with E-state index in [1.165, 1.54) is 6.42 Å². The van der Waals surface area contributed by atoms with Crippen molar-refractivity contribution in [3.05, 3.63) is 0 Å². The zero-order valence-corrected chi connectivity index (χ0v) is 12.0. The highest BCUT2D eigenvalue weighted by molar-refractivity contribution is 5.86. The van der Waals surface area contributed by atoms with Gasteiger partial charge in [-0.3, -0.25) is 4.79 Å². The fraction of sp³-hybridized carbons (Fsp3) is 0.929. The summed E-state index contributed by atoms with van der Waals surface area (Å²) in [6, 6.07) is 0. The molecule has 0 aromatic heterocycles. The molecular formula is C14H27N3O. The van der Waals surface area contributed by atoms with E-state index in [4.69, 9.17) is 5.73 Å². The van der Waals surface area contributed by atoms with Gasteiger partial charge >= 0.3 is 0 Å². The first-order chi connectivity index (χ1) is 8.39. The van der Waals surface area contributed by atoms with E-state index in [2.05, 4.69) is 24.1 Å². The van der Waals surface area contributed by atoms with E-state index >= 15 is 0 Å². The molecule has 0 aromatic carbocycles. The standard InChI is InChI=1S/C14H27N3O/c1-4-16-14(12(15)18,11-5-6-11)10-17-8-7-13(2,3)9-17/h11,16H,4-10H2,1-3H3,(H2,15,18). The summed E-state index contributed by atoms with van der Waals surface area (Å²) in [5.41, 5.74) is 5.60. The first kappa shape index (κ1) is 13.8. The van der Waals surface area contributed by atoms with Crippen LogP contribution < -0.4 is 11.1 Å². The smallest absolute Gasteiger partial charge is 0.239 e. The van der Waals surface area contributed by atoms with Crippen LogP contribution in [-0.4, -0.2) is 42.5 Å². The maximum atomic E-state index is 12.0. The van der Waals surface area contributed by atoms with E-state index in [1.807, 2.05) is 6.92 Å². The summed E-state index contributed by atoms with van der Waals surface area (Å²) in [4.78, 5) is 14.4. The second-order valence-corrected chi connectivity index (χ2v) is 6.77. The van der Waals surface area contributed by atoms with Gasteiger partial charge in [0.1, 0.15) is 5.54 Å². The van der Waals surface area contributed by atoms with Crippen LogP contribution >= 0.6 is 0 Å². The van der Waals surface area contributed by atoms with E-state index in [9.17, 15) is 4.79 Å². The van der Waals surface area contributed by atoms with Crippen molar-refractivity contribution in [3.8, 4) is 0 Å². The summed E-state index contributed by atoms with van der Waals surface area (Å²) in [6.45, 7) is 10.4. The molecule has 1 amide bonds. The summed E-state index contributed by atoms with van der Waals surface area (Å²) in [6.07, 6.45) is 3.47. The highest BCUT2D eigenvalue weighted by Gasteiger charge is 2.51. The maximum Gasteiger partial charge on any atom is 0.239 e. The normalized spacial score (nSPS) is 27.1. The van der Waals surface area contributed by atoms with E-state index in [1.54, 1.807) is 0 Å². The van der Waals surface area contributed by atoms with Crippen molar-refractivity contribution < 1.29 is 4.79 Å². The van der Waals surface area contributed by atoms with E-state index in [0.717, 1.165) is 39.0 Å². The van der Waals surface area contributed by atoms with E-state index < -0.39 is 5.54 Å². The van der Waals surface area contributed by atoms with Gasteiger partial charge in [0.2, 0.25) is 5.91 Å². The fourth-order valence-electron chi connectivity index (χ4n) is 3.30.